The van der Waals surface area contributed by atoms with Crippen LogP contribution in [0.1, 0.15) is 27.2 Å². The number of aliphatic hydroxyl groups is 1. The van der Waals surface area contributed by atoms with Gasteiger partial charge in [0, 0.05) is 6.54 Å². The Morgan fingerprint density at radius 2 is 2.33 bits per heavy atom. The molecule has 0 aromatic heterocycles. The molecule has 0 spiro atoms. The number of hydrogen-bond acceptors (Lipinski definition) is 2. The van der Waals surface area contributed by atoms with Crippen LogP contribution < -0.4 is 5.32 Å². The lowest BCUT2D eigenvalue weighted by Crippen LogP contribution is -2.46. The minimum absolute atomic E-state index is 0.139. The first-order valence-electron chi connectivity index (χ1n) is 4.65. The zero-order chi connectivity index (χ0) is 9.19. The van der Waals surface area contributed by atoms with E-state index in [1.165, 1.54) is 0 Å². The highest BCUT2D eigenvalue weighted by Gasteiger charge is 2.31. The van der Waals surface area contributed by atoms with Gasteiger partial charge in [0.25, 0.3) is 0 Å². The van der Waals surface area contributed by atoms with E-state index in [1.54, 1.807) is 0 Å². The Balaban J connectivity index is 2.51. The summed E-state index contributed by atoms with van der Waals surface area (Å²) < 4.78 is 0. The van der Waals surface area contributed by atoms with E-state index < -0.39 is 5.60 Å². The molecule has 0 saturated heterocycles. The molecular weight excluding hydrogens is 150 g/mol. The average molecular weight is 169 g/mol. The average Bonchev–Trinajstić information content (AvgIpc) is 2.32. The molecule has 0 bridgehead atoms. The molecule has 2 heteroatoms. The van der Waals surface area contributed by atoms with Crippen LogP contribution in [0.2, 0.25) is 0 Å². The Bertz CT molecular complexity index is 173. The van der Waals surface area contributed by atoms with Crippen molar-refractivity contribution in [1.29, 1.82) is 0 Å². The summed E-state index contributed by atoms with van der Waals surface area (Å²) in [5.41, 5.74) is -0.596. The van der Waals surface area contributed by atoms with Gasteiger partial charge in [-0.05, 0) is 19.3 Å². The summed E-state index contributed by atoms with van der Waals surface area (Å²) in [7, 11) is 0. The van der Waals surface area contributed by atoms with Gasteiger partial charge in [0.05, 0.1) is 11.6 Å². The number of hydrogen-bond donors (Lipinski definition) is 2. The van der Waals surface area contributed by atoms with Crippen molar-refractivity contribution in [2.45, 2.75) is 38.8 Å². The fourth-order valence-electron chi connectivity index (χ4n) is 1.85. The number of nitrogens with one attached hydrogen (secondary N) is 1. The first kappa shape index (κ1) is 9.75. The first-order valence-corrected chi connectivity index (χ1v) is 4.65. The molecule has 2 N–H and O–H groups in total. The van der Waals surface area contributed by atoms with E-state index in [2.05, 4.69) is 31.3 Å². The zero-order valence-electron chi connectivity index (χ0n) is 8.17. The van der Waals surface area contributed by atoms with Gasteiger partial charge in [0.15, 0.2) is 0 Å². The molecule has 12 heavy (non-hydrogen) atoms. The third-order valence-corrected chi connectivity index (χ3v) is 2.28. The van der Waals surface area contributed by atoms with Crippen LogP contribution in [0.4, 0.5) is 0 Å². The third-order valence-electron chi connectivity index (χ3n) is 2.28. The van der Waals surface area contributed by atoms with Crippen LogP contribution in [0.25, 0.3) is 0 Å². The molecule has 0 aromatic carbocycles. The second kappa shape index (κ2) is 3.58. The minimum Gasteiger partial charge on any atom is -0.388 e. The molecule has 0 aromatic rings. The van der Waals surface area contributed by atoms with E-state index in [0.717, 1.165) is 13.0 Å². The largest absolute Gasteiger partial charge is 0.388 e. The molecule has 1 aliphatic rings. The van der Waals surface area contributed by atoms with Gasteiger partial charge < -0.3 is 10.4 Å². The lowest BCUT2D eigenvalue weighted by molar-refractivity contribution is 0.0187. The molecule has 1 rings (SSSR count). The van der Waals surface area contributed by atoms with E-state index in [1.807, 2.05) is 6.92 Å². The number of rotatable bonds is 3. The molecule has 1 heterocycles. The molecule has 0 aliphatic carbocycles. The monoisotopic (exact) mass is 169 g/mol. The van der Waals surface area contributed by atoms with Crippen LogP contribution in [0.5, 0.6) is 0 Å². The normalized spacial score (nSPS) is 27.9. The van der Waals surface area contributed by atoms with E-state index in [9.17, 15) is 5.11 Å². The Hall–Kier alpha value is -0.340. The molecule has 0 saturated carbocycles. The summed E-state index contributed by atoms with van der Waals surface area (Å²) in [5.74, 6) is 0.538. The molecule has 0 amide bonds. The summed E-state index contributed by atoms with van der Waals surface area (Å²) in [6.45, 7) is 7.06. The smallest absolute Gasteiger partial charge is 0.0810 e. The van der Waals surface area contributed by atoms with Gasteiger partial charge in [-0.2, -0.15) is 0 Å². The highest BCUT2D eigenvalue weighted by molar-refractivity contribution is 5.09. The van der Waals surface area contributed by atoms with Crippen LogP contribution in [0, 0.1) is 5.92 Å². The van der Waals surface area contributed by atoms with E-state index >= 15 is 0 Å². The third kappa shape index (κ3) is 2.32. The van der Waals surface area contributed by atoms with Crippen LogP contribution in [0.15, 0.2) is 12.2 Å². The molecule has 0 fully saturated rings. The van der Waals surface area contributed by atoms with Gasteiger partial charge >= 0.3 is 0 Å². The van der Waals surface area contributed by atoms with Crippen LogP contribution >= 0.6 is 0 Å². The molecule has 0 radical (unpaired) electrons. The van der Waals surface area contributed by atoms with Gasteiger partial charge in [0.2, 0.25) is 0 Å². The topological polar surface area (TPSA) is 32.3 Å². The highest BCUT2D eigenvalue weighted by atomic mass is 16.3. The van der Waals surface area contributed by atoms with Gasteiger partial charge in [-0.15, -0.1) is 0 Å². The maximum absolute atomic E-state index is 10.1. The molecule has 2 nitrogen and oxygen atoms in total. The van der Waals surface area contributed by atoms with E-state index in [4.69, 9.17) is 0 Å². The van der Waals surface area contributed by atoms with Gasteiger partial charge in [0.1, 0.15) is 0 Å². The first-order chi connectivity index (χ1) is 5.52. The maximum atomic E-state index is 10.1. The predicted molar refractivity (Wildman–Crippen MR) is 51.0 cm³/mol. The zero-order valence-corrected chi connectivity index (χ0v) is 8.17. The van der Waals surface area contributed by atoms with Crippen molar-refractivity contribution in [3.05, 3.63) is 12.2 Å². The second-order valence-electron chi connectivity index (χ2n) is 4.27. The molecule has 70 valence electrons. The fraction of sp³-hybridized carbons (Fsp3) is 0.800. The van der Waals surface area contributed by atoms with Gasteiger partial charge in [-0.1, -0.05) is 26.0 Å². The summed E-state index contributed by atoms with van der Waals surface area (Å²) in [6, 6.07) is 0.139. The van der Waals surface area contributed by atoms with Gasteiger partial charge in [-0.3, -0.25) is 0 Å². The van der Waals surface area contributed by atoms with Crippen LogP contribution in [-0.2, 0) is 0 Å². The SMILES string of the molecule is CC(C)CC(C)(O)C1C=CCN1. The van der Waals surface area contributed by atoms with Crippen LogP contribution in [-0.4, -0.2) is 23.3 Å². The highest BCUT2D eigenvalue weighted by Crippen LogP contribution is 2.22. The van der Waals surface area contributed by atoms with Crippen molar-refractivity contribution < 1.29 is 5.11 Å². The maximum Gasteiger partial charge on any atom is 0.0810 e. The van der Waals surface area contributed by atoms with Crippen molar-refractivity contribution >= 4 is 0 Å². The lowest BCUT2D eigenvalue weighted by Gasteiger charge is -2.30. The van der Waals surface area contributed by atoms with E-state index in [0.29, 0.717) is 5.92 Å². The van der Waals surface area contributed by atoms with E-state index in [-0.39, 0.29) is 6.04 Å². The fourth-order valence-corrected chi connectivity index (χ4v) is 1.85. The quantitative estimate of drug-likeness (QED) is 0.624. The predicted octanol–water partition coefficient (Wildman–Crippen LogP) is 1.31. The van der Waals surface area contributed by atoms with Crippen molar-refractivity contribution in [1.82, 2.24) is 5.32 Å². The Morgan fingerprint density at radius 3 is 2.75 bits per heavy atom. The summed E-state index contributed by atoms with van der Waals surface area (Å²) in [5, 5.41) is 13.3. The van der Waals surface area contributed by atoms with Crippen molar-refractivity contribution in [3.8, 4) is 0 Å². The lowest BCUT2D eigenvalue weighted by atomic mass is 9.88. The second-order valence-corrected chi connectivity index (χ2v) is 4.27. The summed E-state index contributed by atoms with van der Waals surface area (Å²) in [6.07, 6.45) is 4.97. The van der Waals surface area contributed by atoms with Crippen molar-refractivity contribution in [2.75, 3.05) is 6.54 Å². The summed E-state index contributed by atoms with van der Waals surface area (Å²) in [4.78, 5) is 0. The standard InChI is InChI=1S/C10H19NO/c1-8(2)7-10(3,12)9-5-4-6-11-9/h4-5,8-9,11-12H,6-7H2,1-3H3. The molecular formula is C10H19NO. The van der Waals surface area contributed by atoms with Crippen LogP contribution in [0.3, 0.4) is 0 Å². The van der Waals surface area contributed by atoms with Crippen molar-refractivity contribution in [2.24, 2.45) is 5.92 Å². The Labute approximate surface area is 74.7 Å². The Morgan fingerprint density at radius 1 is 1.67 bits per heavy atom. The molecule has 1 aliphatic heterocycles. The minimum atomic E-state index is -0.596. The summed E-state index contributed by atoms with van der Waals surface area (Å²) >= 11 is 0. The molecule has 2 atom stereocenters. The van der Waals surface area contributed by atoms with Crippen molar-refractivity contribution in [3.63, 3.8) is 0 Å². The molecule has 2 unspecified atom stereocenters. The van der Waals surface area contributed by atoms with Gasteiger partial charge in [-0.25, -0.2) is 0 Å². The Kier molecular flexibility index (Phi) is 2.91.